The number of nitrogens with one attached hydrogen (secondary N) is 3. The molecule has 1 aromatic carbocycles. The molecular weight excluding hydrogens is 527 g/mol. The molecule has 1 aliphatic rings. The van der Waals surface area contributed by atoms with Crippen LogP contribution in [0.25, 0.3) is 0 Å². The molecule has 0 amide bonds. The second-order valence-corrected chi connectivity index (χ2v) is 9.09. The Morgan fingerprint density at radius 2 is 2.14 bits per heavy atom. The number of hydrogen-bond donors (Lipinski definition) is 3. The molecule has 1 aromatic rings. The molecule has 0 saturated carbocycles. The number of guanidine groups is 1. The summed E-state index contributed by atoms with van der Waals surface area (Å²) in [5, 5.41) is 7.06. The van der Waals surface area contributed by atoms with Crippen molar-refractivity contribution >= 4 is 51.6 Å². The van der Waals surface area contributed by atoms with Gasteiger partial charge in [0.15, 0.2) is 5.96 Å². The summed E-state index contributed by atoms with van der Waals surface area (Å²) in [7, 11) is -3.37. The highest BCUT2D eigenvalue weighted by molar-refractivity contribution is 14.0. The van der Waals surface area contributed by atoms with Gasteiger partial charge >= 0.3 is 0 Å². The predicted octanol–water partition coefficient (Wildman–Crippen LogP) is 2.54. The Hall–Kier alpha value is -0.620. The Morgan fingerprint density at radius 3 is 2.83 bits per heavy atom. The molecule has 29 heavy (non-hydrogen) atoms. The van der Waals surface area contributed by atoms with Crippen LogP contribution in [0.2, 0.25) is 5.02 Å². The topological polar surface area (TPSA) is 91.8 Å². The quantitative estimate of drug-likeness (QED) is 0.233. The third-order valence-electron chi connectivity index (χ3n) is 4.37. The van der Waals surface area contributed by atoms with Crippen molar-refractivity contribution in [2.45, 2.75) is 38.7 Å². The molecule has 0 aliphatic carbocycles. The van der Waals surface area contributed by atoms with E-state index in [-0.39, 0.29) is 42.4 Å². The van der Waals surface area contributed by atoms with Crippen LogP contribution >= 0.6 is 35.6 Å². The molecular formula is C19H32ClIN4O3S. The average molecular weight is 559 g/mol. The van der Waals surface area contributed by atoms with Gasteiger partial charge < -0.3 is 15.4 Å². The van der Waals surface area contributed by atoms with Crippen LogP contribution in [0.15, 0.2) is 29.3 Å². The summed E-state index contributed by atoms with van der Waals surface area (Å²) >= 11 is 6.00. The smallest absolute Gasteiger partial charge is 0.213 e. The van der Waals surface area contributed by atoms with Crippen LogP contribution in [0, 0.1) is 0 Å². The summed E-state index contributed by atoms with van der Waals surface area (Å²) in [5.74, 6) is 0.556. The molecule has 0 bridgehead atoms. The summed E-state index contributed by atoms with van der Waals surface area (Å²) in [6.07, 6.45) is 3.82. The zero-order chi connectivity index (χ0) is 20.2. The lowest BCUT2D eigenvalue weighted by Crippen LogP contribution is -2.39. The van der Waals surface area contributed by atoms with Gasteiger partial charge in [0, 0.05) is 31.3 Å². The lowest BCUT2D eigenvalue weighted by atomic mass is 10.1. The highest BCUT2D eigenvalue weighted by Gasteiger charge is 2.17. The van der Waals surface area contributed by atoms with Crippen molar-refractivity contribution in [2.24, 2.45) is 4.99 Å². The van der Waals surface area contributed by atoms with Crippen LogP contribution in [0.5, 0.6) is 0 Å². The van der Waals surface area contributed by atoms with Crippen LogP contribution in [0.1, 0.15) is 31.7 Å². The summed E-state index contributed by atoms with van der Waals surface area (Å²) in [6, 6.07) is 7.72. The molecule has 1 unspecified atom stereocenters. The Morgan fingerprint density at radius 1 is 1.31 bits per heavy atom. The summed E-state index contributed by atoms with van der Waals surface area (Å²) < 4.78 is 32.5. The number of rotatable bonds is 10. The van der Waals surface area contributed by atoms with Crippen molar-refractivity contribution in [3.05, 3.63) is 34.9 Å². The van der Waals surface area contributed by atoms with Crippen molar-refractivity contribution in [1.29, 1.82) is 0 Å². The monoisotopic (exact) mass is 558 g/mol. The fourth-order valence-corrected chi connectivity index (χ4v) is 4.03. The fourth-order valence-electron chi connectivity index (χ4n) is 2.90. The first kappa shape index (κ1) is 26.4. The summed E-state index contributed by atoms with van der Waals surface area (Å²) in [5.41, 5.74) is 1.13. The third-order valence-corrected chi connectivity index (χ3v) is 5.94. The molecule has 0 radical (unpaired) electrons. The van der Waals surface area contributed by atoms with Crippen molar-refractivity contribution < 1.29 is 13.2 Å². The largest absolute Gasteiger partial charge is 0.377 e. The number of ether oxygens (including phenoxy) is 1. The van der Waals surface area contributed by atoms with E-state index in [0.717, 1.165) is 36.3 Å². The van der Waals surface area contributed by atoms with E-state index >= 15 is 0 Å². The zero-order valence-corrected chi connectivity index (χ0v) is 20.7. The highest BCUT2D eigenvalue weighted by Crippen LogP contribution is 2.12. The molecule has 7 nitrogen and oxygen atoms in total. The van der Waals surface area contributed by atoms with Crippen LogP contribution in [0.3, 0.4) is 0 Å². The van der Waals surface area contributed by atoms with Gasteiger partial charge in [-0.1, -0.05) is 23.7 Å². The fraction of sp³-hybridized carbons (Fsp3) is 0.632. The first-order chi connectivity index (χ1) is 13.5. The van der Waals surface area contributed by atoms with Crippen LogP contribution < -0.4 is 15.4 Å². The van der Waals surface area contributed by atoms with Crippen LogP contribution in [-0.2, 0) is 21.2 Å². The van der Waals surface area contributed by atoms with Gasteiger partial charge in [0.05, 0.1) is 18.4 Å². The second kappa shape index (κ2) is 14.4. The van der Waals surface area contributed by atoms with Gasteiger partial charge in [-0.15, -0.1) is 24.0 Å². The van der Waals surface area contributed by atoms with Gasteiger partial charge in [0.25, 0.3) is 0 Å². The predicted molar refractivity (Wildman–Crippen MR) is 130 cm³/mol. The van der Waals surface area contributed by atoms with E-state index in [4.69, 9.17) is 16.3 Å². The van der Waals surface area contributed by atoms with E-state index in [1.54, 1.807) is 0 Å². The number of hydrogen-bond acceptors (Lipinski definition) is 4. The molecule has 1 atom stereocenters. The minimum atomic E-state index is -3.37. The van der Waals surface area contributed by atoms with Crippen molar-refractivity contribution in [1.82, 2.24) is 15.4 Å². The van der Waals surface area contributed by atoms with Gasteiger partial charge in [0.1, 0.15) is 0 Å². The third kappa shape index (κ3) is 11.4. The normalized spacial score (nSPS) is 17.4. The molecule has 3 N–H and O–H groups in total. The lowest BCUT2D eigenvalue weighted by Gasteiger charge is -2.22. The van der Waals surface area contributed by atoms with Gasteiger partial charge in [-0.25, -0.2) is 13.1 Å². The minimum Gasteiger partial charge on any atom is -0.377 e. The SMILES string of the molecule is CCNC(=NCCS(=O)(=O)NCC1CCCCO1)NCCc1cccc(Cl)c1.I. The second-order valence-electron chi connectivity index (χ2n) is 6.72. The van der Waals surface area contributed by atoms with Crippen LogP contribution in [0.4, 0.5) is 0 Å². The number of benzene rings is 1. The molecule has 10 heteroatoms. The van der Waals surface area contributed by atoms with Crippen molar-refractivity contribution in [2.75, 3.05) is 38.5 Å². The molecule has 166 valence electrons. The average Bonchev–Trinajstić information content (AvgIpc) is 2.67. The van der Waals surface area contributed by atoms with E-state index in [2.05, 4.69) is 20.3 Å². The van der Waals surface area contributed by atoms with E-state index in [1.165, 1.54) is 0 Å². The molecule has 1 saturated heterocycles. The maximum absolute atomic E-state index is 12.2. The Labute approximate surface area is 196 Å². The van der Waals surface area contributed by atoms with E-state index in [0.29, 0.717) is 32.2 Å². The standard InChI is InChI=1S/C19H31ClN4O3S.HI/c1-2-21-19(22-10-9-16-6-5-7-17(20)14-16)23-11-13-28(25,26)24-15-18-8-3-4-12-27-18;/h5-7,14,18,24H,2-4,8-13,15H2,1H3,(H2,21,22,23);1H. The van der Waals surface area contributed by atoms with Gasteiger partial charge in [-0.05, 0) is 50.3 Å². The first-order valence-electron chi connectivity index (χ1n) is 9.84. The Balaban J connectivity index is 0.00000420. The molecule has 0 spiro atoms. The van der Waals surface area contributed by atoms with Gasteiger partial charge in [0.2, 0.25) is 10.0 Å². The lowest BCUT2D eigenvalue weighted by molar-refractivity contribution is 0.0200. The van der Waals surface area contributed by atoms with Gasteiger partial charge in [-0.2, -0.15) is 0 Å². The van der Waals surface area contributed by atoms with E-state index in [9.17, 15) is 8.42 Å². The number of sulfonamides is 1. The molecule has 1 aliphatic heterocycles. The Bertz CT molecular complexity index is 728. The number of halogens is 2. The van der Waals surface area contributed by atoms with Gasteiger partial charge in [-0.3, -0.25) is 4.99 Å². The zero-order valence-electron chi connectivity index (χ0n) is 16.8. The number of aliphatic imine (C=N–C) groups is 1. The summed E-state index contributed by atoms with van der Waals surface area (Å²) in [4.78, 5) is 4.36. The van der Waals surface area contributed by atoms with Crippen LogP contribution in [-0.4, -0.2) is 59.0 Å². The maximum Gasteiger partial charge on any atom is 0.213 e. The Kier molecular flexibility index (Phi) is 13.1. The molecule has 0 aromatic heterocycles. The maximum atomic E-state index is 12.2. The minimum absolute atomic E-state index is 0. The first-order valence-corrected chi connectivity index (χ1v) is 11.9. The van der Waals surface area contributed by atoms with Crippen molar-refractivity contribution in [3.63, 3.8) is 0 Å². The molecule has 2 rings (SSSR count). The molecule has 1 heterocycles. The van der Waals surface area contributed by atoms with Crippen molar-refractivity contribution in [3.8, 4) is 0 Å². The van der Waals surface area contributed by atoms with E-state index < -0.39 is 10.0 Å². The number of nitrogens with zero attached hydrogens (tertiary/aromatic N) is 1. The summed E-state index contributed by atoms with van der Waals surface area (Å²) in [6.45, 7) is 4.58. The highest BCUT2D eigenvalue weighted by atomic mass is 127. The van der Waals surface area contributed by atoms with E-state index in [1.807, 2.05) is 31.2 Å². The molecule has 1 fully saturated rings.